The molecule has 3 rings (SSSR count). The molecule has 0 saturated carbocycles. The van der Waals surface area contributed by atoms with Gasteiger partial charge in [0.1, 0.15) is 5.76 Å². The number of benzene rings is 2. The van der Waals surface area contributed by atoms with Gasteiger partial charge in [-0.25, -0.2) is 8.42 Å². The van der Waals surface area contributed by atoms with Crippen molar-refractivity contribution in [3.63, 3.8) is 0 Å². The van der Waals surface area contributed by atoms with Crippen LogP contribution in [0.3, 0.4) is 0 Å². The summed E-state index contributed by atoms with van der Waals surface area (Å²) in [6.45, 7) is 2.29. The van der Waals surface area contributed by atoms with E-state index in [1.807, 2.05) is 13.0 Å². The van der Waals surface area contributed by atoms with Gasteiger partial charge in [-0.05, 0) is 55.3 Å². The number of carbonyl (C=O) groups is 2. The van der Waals surface area contributed by atoms with Crippen LogP contribution >= 0.6 is 0 Å². The topological polar surface area (TPSA) is 109 Å². The predicted octanol–water partition coefficient (Wildman–Crippen LogP) is 3.70. The summed E-state index contributed by atoms with van der Waals surface area (Å²) in [5, 5.41) is 5.51. The third-order valence-corrected chi connectivity index (χ3v) is 6.10. The molecule has 33 heavy (non-hydrogen) atoms. The van der Waals surface area contributed by atoms with Crippen LogP contribution in [0.1, 0.15) is 34.5 Å². The molecule has 9 heteroatoms. The van der Waals surface area contributed by atoms with Crippen LogP contribution in [0, 0.1) is 6.92 Å². The highest BCUT2D eigenvalue weighted by molar-refractivity contribution is 7.92. The molecule has 3 aromatic rings. The maximum Gasteiger partial charge on any atom is 0.253 e. The Kier molecular flexibility index (Phi) is 7.89. The normalized spacial score (nSPS) is 11.1. The van der Waals surface area contributed by atoms with Gasteiger partial charge in [0.15, 0.2) is 0 Å². The Bertz CT molecular complexity index is 1210. The minimum absolute atomic E-state index is 0.0974. The second-order valence-electron chi connectivity index (χ2n) is 7.63. The smallest absolute Gasteiger partial charge is 0.253 e. The van der Waals surface area contributed by atoms with E-state index in [4.69, 9.17) is 4.42 Å². The van der Waals surface area contributed by atoms with Gasteiger partial charge in [0.05, 0.1) is 36.0 Å². The van der Waals surface area contributed by atoms with E-state index in [9.17, 15) is 18.0 Å². The highest BCUT2D eigenvalue weighted by Gasteiger charge is 2.18. The molecule has 0 aliphatic rings. The molecule has 0 atom stereocenters. The summed E-state index contributed by atoms with van der Waals surface area (Å²) in [5.74, 6) is -0.0297. The molecular formula is C24H27N3O5S. The number of para-hydroxylation sites is 1. The molecule has 0 spiro atoms. The van der Waals surface area contributed by atoms with Crippen molar-refractivity contribution in [3.8, 4) is 0 Å². The first-order chi connectivity index (χ1) is 15.7. The Hall–Kier alpha value is -3.59. The van der Waals surface area contributed by atoms with Gasteiger partial charge in [0.2, 0.25) is 15.9 Å². The lowest BCUT2D eigenvalue weighted by atomic mass is 10.1. The summed E-state index contributed by atoms with van der Waals surface area (Å²) in [7, 11) is -3.49. The average Bonchev–Trinajstić information content (AvgIpc) is 3.28. The number of nitrogens with one attached hydrogen (secondary N) is 2. The second kappa shape index (κ2) is 10.8. The van der Waals surface area contributed by atoms with Crippen LogP contribution in [0.5, 0.6) is 0 Å². The van der Waals surface area contributed by atoms with Crippen LogP contribution in [-0.4, -0.2) is 33.0 Å². The molecule has 2 aromatic carbocycles. The van der Waals surface area contributed by atoms with Crippen LogP contribution in [0.4, 0.5) is 11.4 Å². The van der Waals surface area contributed by atoms with E-state index in [0.717, 1.165) is 11.8 Å². The van der Waals surface area contributed by atoms with Crippen LogP contribution in [-0.2, 0) is 21.4 Å². The molecule has 1 heterocycles. The van der Waals surface area contributed by atoms with Crippen LogP contribution in [0.25, 0.3) is 0 Å². The SMILES string of the molecule is Cc1cccc(N(CCCC(=O)Nc2ccccc2C(=O)NCc2ccco2)S(C)(=O)=O)c1. The van der Waals surface area contributed by atoms with Crippen molar-refractivity contribution < 1.29 is 22.4 Å². The molecule has 1 aromatic heterocycles. The van der Waals surface area contributed by atoms with Gasteiger partial charge in [-0.3, -0.25) is 13.9 Å². The summed E-state index contributed by atoms with van der Waals surface area (Å²) < 4.78 is 31.0. The number of anilines is 2. The van der Waals surface area contributed by atoms with Crippen molar-refractivity contribution in [1.82, 2.24) is 5.32 Å². The Balaban J connectivity index is 1.59. The largest absolute Gasteiger partial charge is 0.467 e. The fraction of sp³-hybridized carbons (Fsp3) is 0.250. The lowest BCUT2D eigenvalue weighted by Crippen LogP contribution is -2.31. The zero-order valence-corrected chi connectivity index (χ0v) is 19.4. The summed E-state index contributed by atoms with van der Waals surface area (Å²) >= 11 is 0. The molecule has 8 nitrogen and oxygen atoms in total. The quantitative estimate of drug-likeness (QED) is 0.471. The monoisotopic (exact) mass is 469 g/mol. The average molecular weight is 470 g/mol. The van der Waals surface area contributed by atoms with Crippen LogP contribution in [0.15, 0.2) is 71.3 Å². The standard InChI is InChI=1S/C24H27N3O5S/c1-18-8-5-9-19(16-18)27(33(2,30)31)14-6-13-23(28)26-22-12-4-3-11-21(22)24(29)25-17-20-10-7-15-32-20/h3-5,7-12,15-16H,6,13-14,17H2,1-2H3,(H,25,29)(H,26,28). The summed E-state index contributed by atoms with van der Waals surface area (Å²) in [5.41, 5.74) is 2.23. The molecular weight excluding hydrogens is 442 g/mol. The number of nitrogens with zero attached hydrogens (tertiary/aromatic N) is 1. The van der Waals surface area contributed by atoms with Crippen molar-refractivity contribution in [2.24, 2.45) is 0 Å². The van der Waals surface area contributed by atoms with Crippen LogP contribution < -0.4 is 14.9 Å². The maximum atomic E-state index is 12.6. The zero-order chi connectivity index (χ0) is 23.8. The third-order valence-electron chi connectivity index (χ3n) is 4.90. The minimum atomic E-state index is -3.49. The van der Waals surface area contributed by atoms with Gasteiger partial charge >= 0.3 is 0 Å². The van der Waals surface area contributed by atoms with Gasteiger partial charge in [-0.1, -0.05) is 24.3 Å². The molecule has 174 valence electrons. The van der Waals surface area contributed by atoms with E-state index in [2.05, 4.69) is 10.6 Å². The number of amides is 2. The van der Waals surface area contributed by atoms with Gasteiger partial charge in [-0.15, -0.1) is 0 Å². The Morgan fingerprint density at radius 1 is 1.03 bits per heavy atom. The lowest BCUT2D eigenvalue weighted by molar-refractivity contribution is -0.116. The van der Waals surface area contributed by atoms with Gasteiger partial charge in [0, 0.05) is 13.0 Å². The Morgan fingerprint density at radius 3 is 2.52 bits per heavy atom. The van der Waals surface area contributed by atoms with E-state index < -0.39 is 10.0 Å². The van der Waals surface area contributed by atoms with E-state index in [-0.39, 0.29) is 31.3 Å². The lowest BCUT2D eigenvalue weighted by Gasteiger charge is -2.22. The molecule has 2 amide bonds. The van der Waals surface area contributed by atoms with E-state index in [1.165, 1.54) is 10.6 Å². The zero-order valence-electron chi connectivity index (χ0n) is 18.6. The first-order valence-electron chi connectivity index (χ1n) is 10.5. The fourth-order valence-electron chi connectivity index (χ4n) is 3.33. The molecule has 0 fully saturated rings. The third kappa shape index (κ3) is 6.95. The number of hydrogen-bond acceptors (Lipinski definition) is 5. The number of aryl methyl sites for hydroxylation is 1. The molecule has 0 unspecified atom stereocenters. The maximum absolute atomic E-state index is 12.6. The number of carbonyl (C=O) groups excluding carboxylic acids is 2. The molecule has 2 N–H and O–H groups in total. The van der Waals surface area contributed by atoms with Gasteiger partial charge in [0.25, 0.3) is 5.91 Å². The van der Waals surface area contributed by atoms with Crippen LogP contribution in [0.2, 0.25) is 0 Å². The van der Waals surface area contributed by atoms with Crippen molar-refractivity contribution in [2.45, 2.75) is 26.3 Å². The first kappa shape index (κ1) is 24.1. The summed E-state index contributed by atoms with van der Waals surface area (Å²) in [6.07, 6.45) is 3.09. The molecule has 0 radical (unpaired) electrons. The summed E-state index contributed by atoms with van der Waals surface area (Å²) in [4.78, 5) is 25.1. The number of sulfonamides is 1. The fourth-order valence-corrected chi connectivity index (χ4v) is 4.29. The summed E-state index contributed by atoms with van der Waals surface area (Å²) in [6, 6.07) is 17.4. The van der Waals surface area contributed by atoms with E-state index in [1.54, 1.807) is 54.6 Å². The van der Waals surface area contributed by atoms with Crippen molar-refractivity contribution in [1.29, 1.82) is 0 Å². The first-order valence-corrected chi connectivity index (χ1v) is 12.3. The highest BCUT2D eigenvalue weighted by Crippen LogP contribution is 2.20. The second-order valence-corrected chi connectivity index (χ2v) is 9.54. The predicted molar refractivity (Wildman–Crippen MR) is 128 cm³/mol. The number of rotatable bonds is 10. The molecule has 0 aliphatic heterocycles. The van der Waals surface area contributed by atoms with Gasteiger partial charge in [-0.2, -0.15) is 0 Å². The Labute approximate surface area is 193 Å². The molecule has 0 aliphatic carbocycles. The van der Waals surface area contributed by atoms with E-state index >= 15 is 0 Å². The number of furan rings is 1. The Morgan fingerprint density at radius 2 is 1.82 bits per heavy atom. The van der Waals surface area contributed by atoms with Crippen molar-refractivity contribution >= 4 is 33.2 Å². The highest BCUT2D eigenvalue weighted by atomic mass is 32.2. The van der Waals surface area contributed by atoms with E-state index in [0.29, 0.717) is 29.1 Å². The van der Waals surface area contributed by atoms with Crippen molar-refractivity contribution in [2.75, 3.05) is 22.4 Å². The molecule has 0 saturated heterocycles. The minimum Gasteiger partial charge on any atom is -0.467 e. The molecule has 0 bridgehead atoms. The number of hydrogen-bond donors (Lipinski definition) is 2. The van der Waals surface area contributed by atoms with Gasteiger partial charge < -0.3 is 15.1 Å². The van der Waals surface area contributed by atoms with Crippen molar-refractivity contribution in [3.05, 3.63) is 83.8 Å².